The lowest BCUT2D eigenvalue weighted by Crippen LogP contribution is -2.28. The van der Waals surface area contributed by atoms with E-state index in [1.54, 1.807) is 13.0 Å². The molecule has 0 aliphatic rings. The fourth-order valence-corrected chi connectivity index (χ4v) is 3.10. The Hall–Kier alpha value is -1.59. The van der Waals surface area contributed by atoms with Crippen LogP contribution in [0.1, 0.15) is 24.1 Å². The highest BCUT2D eigenvalue weighted by atomic mass is 35.5. The van der Waals surface area contributed by atoms with Gasteiger partial charge >= 0.3 is 0 Å². The van der Waals surface area contributed by atoms with Crippen molar-refractivity contribution in [2.45, 2.75) is 18.7 Å². The Morgan fingerprint density at radius 2 is 2.04 bits per heavy atom. The van der Waals surface area contributed by atoms with Crippen molar-refractivity contribution in [1.82, 2.24) is 5.32 Å². The molecule has 0 fully saturated rings. The van der Waals surface area contributed by atoms with Gasteiger partial charge in [-0.3, -0.25) is 4.79 Å². The molecule has 1 unspecified atom stereocenters. The molecule has 2 nitrogen and oxygen atoms in total. The maximum atomic E-state index is 13.7. The van der Waals surface area contributed by atoms with E-state index >= 15 is 0 Å². The van der Waals surface area contributed by atoms with Crippen molar-refractivity contribution in [2.75, 3.05) is 5.75 Å². The number of carbonyl (C=O) groups is 1. The van der Waals surface area contributed by atoms with Gasteiger partial charge in [0.05, 0.1) is 11.8 Å². The van der Waals surface area contributed by atoms with Crippen molar-refractivity contribution in [2.24, 2.45) is 0 Å². The van der Waals surface area contributed by atoms with Gasteiger partial charge in [-0.25, -0.2) is 8.78 Å². The smallest absolute Gasteiger partial charge is 0.230 e. The largest absolute Gasteiger partial charge is 0.349 e. The van der Waals surface area contributed by atoms with Crippen LogP contribution in [-0.2, 0) is 10.5 Å². The maximum Gasteiger partial charge on any atom is 0.230 e. The van der Waals surface area contributed by atoms with Gasteiger partial charge in [0.25, 0.3) is 0 Å². The van der Waals surface area contributed by atoms with Crippen LogP contribution < -0.4 is 5.32 Å². The van der Waals surface area contributed by atoms with E-state index in [2.05, 4.69) is 5.32 Å². The molecule has 23 heavy (non-hydrogen) atoms. The van der Waals surface area contributed by atoms with Crippen LogP contribution in [-0.4, -0.2) is 11.7 Å². The summed E-state index contributed by atoms with van der Waals surface area (Å²) in [6, 6.07) is 10.3. The average molecular weight is 356 g/mol. The van der Waals surface area contributed by atoms with Gasteiger partial charge in [0.1, 0.15) is 11.6 Å². The Morgan fingerprint density at radius 1 is 1.26 bits per heavy atom. The number of rotatable bonds is 6. The minimum Gasteiger partial charge on any atom is -0.349 e. The first kappa shape index (κ1) is 17.8. The van der Waals surface area contributed by atoms with Gasteiger partial charge in [-0.2, -0.15) is 0 Å². The van der Waals surface area contributed by atoms with E-state index in [4.69, 9.17) is 11.6 Å². The summed E-state index contributed by atoms with van der Waals surface area (Å²) in [5.41, 5.74) is 1.30. The fourth-order valence-electron chi connectivity index (χ4n) is 2.10. The molecule has 2 aromatic rings. The van der Waals surface area contributed by atoms with Gasteiger partial charge in [-0.1, -0.05) is 29.8 Å². The first-order chi connectivity index (χ1) is 11.0. The Kier molecular flexibility index (Phi) is 6.42. The van der Waals surface area contributed by atoms with Gasteiger partial charge in [-0.15, -0.1) is 11.8 Å². The third kappa shape index (κ3) is 5.52. The van der Waals surface area contributed by atoms with Gasteiger partial charge in [0, 0.05) is 22.4 Å². The summed E-state index contributed by atoms with van der Waals surface area (Å²) < 4.78 is 26.5. The molecule has 6 heteroatoms. The van der Waals surface area contributed by atoms with E-state index in [1.807, 2.05) is 18.2 Å². The first-order valence-corrected chi connectivity index (χ1v) is 8.55. The molecule has 0 aliphatic carbocycles. The van der Waals surface area contributed by atoms with Crippen molar-refractivity contribution < 1.29 is 13.6 Å². The van der Waals surface area contributed by atoms with Crippen molar-refractivity contribution in [3.63, 3.8) is 0 Å². The Morgan fingerprint density at radius 3 is 2.74 bits per heavy atom. The monoisotopic (exact) mass is 355 g/mol. The maximum absolute atomic E-state index is 13.7. The molecular weight excluding hydrogens is 340 g/mol. The zero-order valence-electron chi connectivity index (χ0n) is 12.5. The summed E-state index contributed by atoms with van der Waals surface area (Å²) in [6.45, 7) is 1.66. The van der Waals surface area contributed by atoms with Crippen LogP contribution in [0.5, 0.6) is 0 Å². The van der Waals surface area contributed by atoms with E-state index in [9.17, 15) is 13.6 Å². The van der Waals surface area contributed by atoms with E-state index in [0.29, 0.717) is 10.8 Å². The molecule has 0 saturated carbocycles. The van der Waals surface area contributed by atoms with Gasteiger partial charge in [-0.05, 0) is 30.7 Å². The second-order valence-electron chi connectivity index (χ2n) is 5.08. The molecule has 1 atom stereocenters. The summed E-state index contributed by atoms with van der Waals surface area (Å²) in [5, 5.41) is 3.37. The molecule has 1 amide bonds. The van der Waals surface area contributed by atoms with Crippen LogP contribution >= 0.6 is 23.4 Å². The molecule has 2 aromatic carbocycles. The summed E-state index contributed by atoms with van der Waals surface area (Å²) in [7, 11) is 0. The predicted molar refractivity (Wildman–Crippen MR) is 90.5 cm³/mol. The SMILES string of the molecule is CC(NC(=O)CSCc1cccc(Cl)c1)c1ccc(F)cc1F. The highest BCUT2D eigenvalue weighted by Crippen LogP contribution is 2.19. The lowest BCUT2D eigenvalue weighted by molar-refractivity contribution is -0.119. The number of nitrogens with one attached hydrogen (secondary N) is 1. The van der Waals surface area contributed by atoms with E-state index in [1.165, 1.54) is 23.9 Å². The zero-order valence-corrected chi connectivity index (χ0v) is 14.1. The lowest BCUT2D eigenvalue weighted by atomic mass is 10.1. The van der Waals surface area contributed by atoms with Crippen LogP contribution in [0.2, 0.25) is 5.02 Å². The first-order valence-electron chi connectivity index (χ1n) is 7.02. The van der Waals surface area contributed by atoms with Crippen LogP contribution in [0, 0.1) is 11.6 Å². The number of amides is 1. The van der Waals surface area contributed by atoms with E-state index < -0.39 is 17.7 Å². The Balaban J connectivity index is 1.82. The number of carbonyl (C=O) groups excluding carboxylic acids is 1. The second kappa shape index (κ2) is 8.31. The highest BCUT2D eigenvalue weighted by molar-refractivity contribution is 7.99. The van der Waals surface area contributed by atoms with Crippen molar-refractivity contribution in [3.8, 4) is 0 Å². The lowest BCUT2D eigenvalue weighted by Gasteiger charge is -2.15. The quantitative estimate of drug-likeness (QED) is 0.811. The number of halogens is 3. The zero-order chi connectivity index (χ0) is 16.8. The number of benzene rings is 2. The van der Waals surface area contributed by atoms with Crippen LogP contribution in [0.3, 0.4) is 0 Å². The third-order valence-corrected chi connectivity index (χ3v) is 4.44. The third-order valence-electron chi connectivity index (χ3n) is 3.20. The topological polar surface area (TPSA) is 29.1 Å². The van der Waals surface area contributed by atoms with Crippen molar-refractivity contribution in [3.05, 3.63) is 70.2 Å². The van der Waals surface area contributed by atoms with Gasteiger partial charge in [0.2, 0.25) is 5.91 Å². The minimum atomic E-state index is -0.663. The summed E-state index contributed by atoms with van der Waals surface area (Å²) in [4.78, 5) is 11.9. The normalized spacial score (nSPS) is 12.0. The van der Waals surface area contributed by atoms with Crippen LogP contribution in [0.25, 0.3) is 0 Å². The molecule has 0 bridgehead atoms. The molecule has 0 spiro atoms. The second-order valence-corrected chi connectivity index (χ2v) is 6.50. The van der Waals surface area contributed by atoms with Gasteiger partial charge in [0.15, 0.2) is 0 Å². The molecule has 0 saturated heterocycles. The van der Waals surface area contributed by atoms with Crippen LogP contribution in [0.15, 0.2) is 42.5 Å². The summed E-state index contributed by atoms with van der Waals surface area (Å²) in [5.74, 6) is -0.591. The molecule has 1 N–H and O–H groups in total. The Labute approximate surface area is 143 Å². The Bertz CT molecular complexity index is 696. The molecule has 0 aliphatic heterocycles. The summed E-state index contributed by atoms with van der Waals surface area (Å²) in [6.07, 6.45) is 0. The molecular formula is C17H16ClF2NOS. The van der Waals surface area contributed by atoms with Crippen molar-refractivity contribution in [1.29, 1.82) is 0 Å². The number of hydrogen-bond donors (Lipinski definition) is 1. The van der Waals surface area contributed by atoms with Crippen LogP contribution in [0.4, 0.5) is 8.78 Å². The summed E-state index contributed by atoms with van der Waals surface area (Å²) >= 11 is 7.34. The highest BCUT2D eigenvalue weighted by Gasteiger charge is 2.14. The molecule has 0 radical (unpaired) electrons. The van der Waals surface area contributed by atoms with E-state index in [0.717, 1.165) is 11.6 Å². The molecule has 0 aromatic heterocycles. The van der Waals surface area contributed by atoms with Gasteiger partial charge < -0.3 is 5.32 Å². The van der Waals surface area contributed by atoms with E-state index in [-0.39, 0.29) is 17.2 Å². The number of hydrogen-bond acceptors (Lipinski definition) is 2. The average Bonchev–Trinajstić information content (AvgIpc) is 2.47. The minimum absolute atomic E-state index is 0.201. The predicted octanol–water partition coefficient (Wildman–Crippen LogP) is 4.73. The molecule has 122 valence electrons. The molecule has 2 rings (SSSR count). The number of thioether (sulfide) groups is 1. The van der Waals surface area contributed by atoms with Crippen molar-refractivity contribution >= 4 is 29.3 Å². The standard InChI is InChI=1S/C17H16ClF2NOS/c1-11(15-6-5-14(19)8-16(15)20)21-17(22)10-23-9-12-3-2-4-13(18)7-12/h2-8,11H,9-10H2,1H3,(H,21,22). The fraction of sp³-hybridized carbons (Fsp3) is 0.235. The molecule has 0 heterocycles.